The average Bonchev–Trinajstić information content (AvgIpc) is 2.68. The van der Waals surface area contributed by atoms with Gasteiger partial charge in [0.2, 0.25) is 0 Å². The summed E-state index contributed by atoms with van der Waals surface area (Å²) in [5.41, 5.74) is 0. The molecule has 0 radical (unpaired) electrons. The predicted molar refractivity (Wildman–Crippen MR) is 120 cm³/mol. The summed E-state index contributed by atoms with van der Waals surface area (Å²) in [5.74, 6) is 2.05. The Kier molecular flexibility index (Phi) is 16.6. The van der Waals surface area contributed by atoms with Crippen molar-refractivity contribution in [3.8, 4) is 0 Å². The number of allylic oxidation sites excluding steroid dienone is 2. The zero-order valence-corrected chi connectivity index (χ0v) is 18.5. The van der Waals surface area contributed by atoms with Gasteiger partial charge in [0.05, 0.1) is 0 Å². The molecule has 26 heavy (non-hydrogen) atoms. The zero-order valence-electron chi connectivity index (χ0n) is 18.5. The van der Waals surface area contributed by atoms with Crippen molar-refractivity contribution >= 4 is 0 Å². The SMILES string of the molecule is CCCCCCCCCCCCC/C=C/CCC(CC)C1CCCCC1. The minimum atomic E-state index is 1.00. The molecule has 1 aliphatic rings. The summed E-state index contributed by atoms with van der Waals surface area (Å²) >= 11 is 0. The molecule has 154 valence electrons. The van der Waals surface area contributed by atoms with Crippen LogP contribution in [0, 0.1) is 11.8 Å². The maximum Gasteiger partial charge on any atom is -0.0348 e. The van der Waals surface area contributed by atoms with Gasteiger partial charge in [0.1, 0.15) is 0 Å². The fourth-order valence-electron chi connectivity index (χ4n) is 4.85. The smallest absolute Gasteiger partial charge is 0.0348 e. The Bertz CT molecular complexity index is 297. The summed E-state index contributed by atoms with van der Waals surface area (Å²) in [4.78, 5) is 0. The molecule has 1 unspecified atom stereocenters. The van der Waals surface area contributed by atoms with Crippen LogP contribution in [0.25, 0.3) is 0 Å². The van der Waals surface area contributed by atoms with E-state index in [0.717, 1.165) is 11.8 Å². The Balaban J connectivity index is 1.85. The highest BCUT2D eigenvalue weighted by Gasteiger charge is 2.21. The molecular weight excluding hydrogens is 312 g/mol. The molecule has 0 bridgehead atoms. The molecule has 1 rings (SSSR count). The number of unbranched alkanes of at least 4 members (excludes halogenated alkanes) is 11. The van der Waals surface area contributed by atoms with E-state index in [-0.39, 0.29) is 0 Å². The first-order chi connectivity index (χ1) is 12.9. The van der Waals surface area contributed by atoms with Gasteiger partial charge in [-0.25, -0.2) is 0 Å². The molecule has 1 atom stereocenters. The highest BCUT2D eigenvalue weighted by molar-refractivity contribution is 4.83. The van der Waals surface area contributed by atoms with E-state index >= 15 is 0 Å². The van der Waals surface area contributed by atoms with Crippen molar-refractivity contribution in [3.05, 3.63) is 12.2 Å². The fraction of sp³-hybridized carbons (Fsp3) is 0.923. The summed E-state index contributed by atoms with van der Waals surface area (Å²) in [7, 11) is 0. The van der Waals surface area contributed by atoms with Crippen LogP contribution in [0.2, 0.25) is 0 Å². The zero-order chi connectivity index (χ0) is 18.7. The average molecular weight is 363 g/mol. The summed E-state index contributed by atoms with van der Waals surface area (Å²) in [5, 5.41) is 0. The van der Waals surface area contributed by atoms with Crippen LogP contribution in [-0.4, -0.2) is 0 Å². The van der Waals surface area contributed by atoms with Gasteiger partial charge >= 0.3 is 0 Å². The molecule has 0 aliphatic heterocycles. The predicted octanol–water partition coefficient (Wildman–Crippen LogP) is 9.63. The van der Waals surface area contributed by atoms with E-state index in [9.17, 15) is 0 Å². The first-order valence-corrected chi connectivity index (χ1v) is 12.5. The van der Waals surface area contributed by atoms with Gasteiger partial charge in [-0.3, -0.25) is 0 Å². The van der Waals surface area contributed by atoms with Crippen molar-refractivity contribution in [2.45, 2.75) is 142 Å². The monoisotopic (exact) mass is 362 g/mol. The van der Waals surface area contributed by atoms with Gasteiger partial charge in [-0.1, -0.05) is 129 Å². The van der Waals surface area contributed by atoms with Crippen LogP contribution < -0.4 is 0 Å². The molecule has 0 N–H and O–H groups in total. The molecule has 0 aromatic carbocycles. The molecule has 1 aliphatic carbocycles. The summed E-state index contributed by atoms with van der Waals surface area (Å²) in [6.07, 6.45) is 33.9. The molecule has 0 spiro atoms. The van der Waals surface area contributed by atoms with E-state index in [1.54, 1.807) is 0 Å². The first-order valence-electron chi connectivity index (χ1n) is 12.5. The van der Waals surface area contributed by atoms with Gasteiger partial charge in [-0.2, -0.15) is 0 Å². The number of hydrogen-bond donors (Lipinski definition) is 0. The van der Waals surface area contributed by atoms with Gasteiger partial charge in [0.15, 0.2) is 0 Å². The molecule has 0 aromatic heterocycles. The lowest BCUT2D eigenvalue weighted by molar-refractivity contribution is 0.231. The summed E-state index contributed by atoms with van der Waals surface area (Å²) in [6, 6.07) is 0. The third-order valence-electron chi connectivity index (χ3n) is 6.69. The standard InChI is InChI=1S/C26H50/c1-3-5-6-7-8-9-10-11-12-13-14-15-16-17-19-22-25(4-2)26-23-20-18-21-24-26/h16-17,25-26H,3-15,18-24H2,1-2H3/b17-16+. The Morgan fingerprint density at radius 1 is 0.654 bits per heavy atom. The molecule has 0 aromatic rings. The van der Waals surface area contributed by atoms with Gasteiger partial charge in [-0.05, 0) is 37.5 Å². The number of rotatable bonds is 17. The first kappa shape index (κ1) is 23.8. The topological polar surface area (TPSA) is 0 Å². The highest BCUT2D eigenvalue weighted by Crippen LogP contribution is 2.34. The minimum absolute atomic E-state index is 1.00. The molecule has 0 heteroatoms. The van der Waals surface area contributed by atoms with Gasteiger partial charge in [0.25, 0.3) is 0 Å². The van der Waals surface area contributed by atoms with E-state index in [4.69, 9.17) is 0 Å². The Morgan fingerprint density at radius 2 is 1.19 bits per heavy atom. The van der Waals surface area contributed by atoms with Crippen LogP contribution in [0.5, 0.6) is 0 Å². The van der Waals surface area contributed by atoms with Gasteiger partial charge < -0.3 is 0 Å². The second-order valence-corrected chi connectivity index (χ2v) is 8.94. The molecule has 1 saturated carbocycles. The summed E-state index contributed by atoms with van der Waals surface area (Å²) < 4.78 is 0. The van der Waals surface area contributed by atoms with Crippen LogP contribution in [0.3, 0.4) is 0 Å². The van der Waals surface area contributed by atoms with E-state index in [1.165, 1.54) is 128 Å². The van der Waals surface area contributed by atoms with E-state index in [2.05, 4.69) is 26.0 Å². The third kappa shape index (κ3) is 13.0. The van der Waals surface area contributed by atoms with Crippen LogP contribution in [-0.2, 0) is 0 Å². The van der Waals surface area contributed by atoms with Crippen LogP contribution in [0.4, 0.5) is 0 Å². The molecule has 1 fully saturated rings. The molecular formula is C26H50. The second-order valence-electron chi connectivity index (χ2n) is 8.94. The van der Waals surface area contributed by atoms with Crippen LogP contribution in [0.1, 0.15) is 142 Å². The highest BCUT2D eigenvalue weighted by atomic mass is 14.3. The molecule has 0 amide bonds. The normalized spacial score (nSPS) is 17.2. The van der Waals surface area contributed by atoms with Crippen LogP contribution >= 0.6 is 0 Å². The van der Waals surface area contributed by atoms with Crippen molar-refractivity contribution < 1.29 is 0 Å². The van der Waals surface area contributed by atoms with E-state index in [1.807, 2.05) is 0 Å². The lowest BCUT2D eigenvalue weighted by Gasteiger charge is -2.29. The lowest BCUT2D eigenvalue weighted by atomic mass is 9.77. The third-order valence-corrected chi connectivity index (χ3v) is 6.69. The largest absolute Gasteiger partial charge is 0.0885 e. The van der Waals surface area contributed by atoms with E-state index in [0.29, 0.717) is 0 Å². The minimum Gasteiger partial charge on any atom is -0.0885 e. The maximum atomic E-state index is 2.49. The Morgan fingerprint density at radius 3 is 1.77 bits per heavy atom. The molecule has 0 saturated heterocycles. The maximum absolute atomic E-state index is 2.49. The number of hydrogen-bond acceptors (Lipinski definition) is 0. The van der Waals surface area contributed by atoms with Crippen molar-refractivity contribution in [2.75, 3.05) is 0 Å². The van der Waals surface area contributed by atoms with Gasteiger partial charge in [-0.15, -0.1) is 0 Å². The van der Waals surface area contributed by atoms with E-state index < -0.39 is 0 Å². The molecule has 0 nitrogen and oxygen atoms in total. The van der Waals surface area contributed by atoms with Crippen molar-refractivity contribution in [1.29, 1.82) is 0 Å². The van der Waals surface area contributed by atoms with Crippen molar-refractivity contribution in [2.24, 2.45) is 11.8 Å². The fourth-order valence-corrected chi connectivity index (χ4v) is 4.85. The van der Waals surface area contributed by atoms with Gasteiger partial charge in [0, 0.05) is 0 Å². The van der Waals surface area contributed by atoms with Crippen molar-refractivity contribution in [1.82, 2.24) is 0 Å². The Hall–Kier alpha value is -0.260. The molecule has 0 heterocycles. The van der Waals surface area contributed by atoms with Crippen LogP contribution in [0.15, 0.2) is 12.2 Å². The summed E-state index contributed by atoms with van der Waals surface area (Å²) in [6.45, 7) is 4.71. The Labute approximate surface area is 166 Å². The second kappa shape index (κ2) is 18.1. The quantitative estimate of drug-likeness (QED) is 0.178. The van der Waals surface area contributed by atoms with Crippen molar-refractivity contribution in [3.63, 3.8) is 0 Å². The lowest BCUT2D eigenvalue weighted by Crippen LogP contribution is -2.17.